The van der Waals surface area contributed by atoms with Crippen molar-refractivity contribution >= 4 is 21.6 Å². The number of ether oxygens (including phenoxy) is 2. The number of phosphoric ester groups is 2. The van der Waals surface area contributed by atoms with E-state index < -0.39 is 75.1 Å². The van der Waals surface area contributed by atoms with Gasteiger partial charge in [-0.15, -0.1) is 0 Å². The van der Waals surface area contributed by atoms with Crippen LogP contribution in [0.1, 0.15) is 32.7 Å². The van der Waals surface area contributed by atoms with E-state index in [1.54, 1.807) is 13.8 Å². The summed E-state index contributed by atoms with van der Waals surface area (Å²) in [5.41, 5.74) is -1.08. The SMILES string of the molecule is C=C1NC(=O)C=CN1[C@@H]1C[C@H](COP(=O)(O)O)[C@@H](O)C1O.CC1(C)OC2[C@H](n3ccc(=O)[nH]c3=O)C[C@H](COP(=O)(O)O)[C@H]2O1. The fourth-order valence-electron chi connectivity index (χ4n) is 5.90. The normalized spacial score (nSPS) is 32.7. The minimum absolute atomic E-state index is 0.223. The van der Waals surface area contributed by atoms with Crippen LogP contribution in [-0.2, 0) is 32.4 Å². The van der Waals surface area contributed by atoms with Crippen molar-refractivity contribution in [3.8, 4) is 0 Å². The Morgan fingerprint density at radius 1 is 0.956 bits per heavy atom. The van der Waals surface area contributed by atoms with E-state index in [0.29, 0.717) is 6.42 Å². The number of carbonyl (C=O) groups excluding carboxylic acids is 1. The zero-order chi connectivity index (χ0) is 33.5. The first-order valence-corrected chi connectivity index (χ1v) is 16.7. The molecular weight excluding hydrogens is 646 g/mol. The van der Waals surface area contributed by atoms with Gasteiger partial charge in [-0.2, -0.15) is 0 Å². The number of hydrogen-bond acceptors (Lipinski definition) is 12. The average molecular weight is 683 g/mol. The van der Waals surface area contributed by atoms with Crippen LogP contribution in [0.25, 0.3) is 0 Å². The van der Waals surface area contributed by atoms with Crippen LogP contribution >= 0.6 is 15.6 Å². The molecule has 21 heteroatoms. The Hall–Kier alpha value is -2.51. The highest BCUT2D eigenvalue weighted by Gasteiger charge is 2.55. The third kappa shape index (κ3) is 8.85. The summed E-state index contributed by atoms with van der Waals surface area (Å²) >= 11 is 0. The van der Waals surface area contributed by atoms with Crippen molar-refractivity contribution in [2.24, 2.45) is 11.8 Å². The zero-order valence-electron chi connectivity index (χ0n) is 24.1. The summed E-state index contributed by atoms with van der Waals surface area (Å²) in [6.45, 7) is 6.49. The Labute approximate surface area is 255 Å². The molecule has 45 heavy (non-hydrogen) atoms. The molecule has 1 saturated heterocycles. The maximum absolute atomic E-state index is 12.1. The number of aliphatic hydroxyl groups is 2. The summed E-state index contributed by atoms with van der Waals surface area (Å²) in [7, 11) is -9.24. The molecular formula is C24H36N4O15P2. The van der Waals surface area contributed by atoms with Crippen molar-refractivity contribution in [1.29, 1.82) is 0 Å². The number of fused-ring (bicyclic) bond motifs is 1. The van der Waals surface area contributed by atoms with Crippen LogP contribution in [0.4, 0.5) is 0 Å². The number of hydrogen-bond donors (Lipinski definition) is 8. The molecule has 252 valence electrons. The number of nitrogens with zero attached hydrogens (tertiary/aromatic N) is 2. The lowest BCUT2D eigenvalue weighted by Crippen LogP contribution is -2.45. The molecule has 1 amide bonds. The largest absolute Gasteiger partial charge is 0.469 e. The highest BCUT2D eigenvalue weighted by atomic mass is 31.2. The van der Waals surface area contributed by atoms with Crippen molar-refractivity contribution in [3.63, 3.8) is 0 Å². The predicted molar refractivity (Wildman–Crippen MR) is 150 cm³/mol. The third-order valence-corrected chi connectivity index (χ3v) is 8.74. The molecule has 1 aromatic rings. The van der Waals surface area contributed by atoms with Gasteiger partial charge in [-0.1, -0.05) is 6.58 Å². The van der Waals surface area contributed by atoms with E-state index in [1.165, 1.54) is 34.0 Å². The first-order chi connectivity index (χ1) is 20.7. The summed E-state index contributed by atoms with van der Waals surface area (Å²) in [4.78, 5) is 73.3. The molecule has 3 heterocycles. The molecule has 19 nitrogen and oxygen atoms in total. The van der Waals surface area contributed by atoms with Crippen LogP contribution < -0.4 is 16.6 Å². The van der Waals surface area contributed by atoms with E-state index in [-0.39, 0.29) is 37.3 Å². The number of phosphoric acid groups is 2. The minimum Gasteiger partial charge on any atom is -0.390 e. The number of amides is 1. The van der Waals surface area contributed by atoms with Crippen molar-refractivity contribution in [2.45, 2.75) is 69.0 Å². The molecule has 8 N–H and O–H groups in total. The molecule has 2 unspecified atom stereocenters. The van der Waals surface area contributed by atoms with Crippen LogP contribution in [0.2, 0.25) is 0 Å². The number of aromatic nitrogens is 2. The molecule has 1 aromatic heterocycles. The van der Waals surface area contributed by atoms with Crippen LogP contribution in [0, 0.1) is 11.8 Å². The second kappa shape index (κ2) is 13.3. The van der Waals surface area contributed by atoms with Crippen molar-refractivity contribution in [2.75, 3.05) is 13.2 Å². The Morgan fingerprint density at radius 2 is 1.53 bits per heavy atom. The van der Waals surface area contributed by atoms with Gasteiger partial charge in [0.15, 0.2) is 5.79 Å². The first-order valence-electron chi connectivity index (χ1n) is 13.6. The van der Waals surface area contributed by atoms with Crippen molar-refractivity contribution < 1.29 is 62.2 Å². The zero-order valence-corrected chi connectivity index (χ0v) is 25.9. The number of rotatable bonds is 8. The maximum Gasteiger partial charge on any atom is 0.469 e. The van der Waals surface area contributed by atoms with Crippen LogP contribution in [0.15, 0.2) is 46.5 Å². The molecule has 2 saturated carbocycles. The molecule has 0 radical (unpaired) electrons. The summed E-state index contributed by atoms with van der Waals surface area (Å²) < 4.78 is 43.7. The number of aromatic amines is 1. The van der Waals surface area contributed by atoms with Gasteiger partial charge in [0.05, 0.1) is 37.5 Å². The van der Waals surface area contributed by atoms with Gasteiger partial charge in [0.25, 0.3) is 11.5 Å². The van der Waals surface area contributed by atoms with Crippen molar-refractivity contribution in [1.82, 2.24) is 19.8 Å². The lowest BCUT2D eigenvalue weighted by atomic mass is 10.1. The Kier molecular flexibility index (Phi) is 10.5. The monoisotopic (exact) mass is 682 g/mol. The molecule has 5 rings (SSSR count). The third-order valence-electron chi connectivity index (χ3n) is 7.77. The van der Waals surface area contributed by atoms with Crippen LogP contribution in [0.3, 0.4) is 0 Å². The van der Waals surface area contributed by atoms with Gasteiger partial charge in [-0.05, 0) is 26.7 Å². The molecule has 0 spiro atoms. The summed E-state index contributed by atoms with van der Waals surface area (Å²) in [5, 5.41) is 22.5. The van der Waals surface area contributed by atoms with E-state index in [1.807, 2.05) is 0 Å². The van der Waals surface area contributed by atoms with Gasteiger partial charge in [-0.3, -0.25) is 28.2 Å². The quantitative estimate of drug-likeness (QED) is 0.143. The standard InChI is InChI=1S/C13H19N2O8P.C11H17N2O7P/c1-13(2)22-10-7(6-21-24(18,19)20)5-8(11(10)23-13)15-4-3-9(16)14-12(15)17;1-6-12-9(14)2-3-13(6)8-4-7(10(15)11(8)16)5-20-21(17,18)19/h3-4,7-8,10-11H,5-6H2,1-2H3,(H,14,16,17)(H2,18,19,20);2-3,7-8,10-11,15-16H,1,4-5H2,(H,12,14)(H2,17,18,19)/t2*7-,8-,10-,11?/m11/s1. The number of H-pyrrole nitrogens is 1. The maximum atomic E-state index is 12.1. The highest BCUT2D eigenvalue weighted by Crippen LogP contribution is 2.48. The van der Waals surface area contributed by atoms with E-state index in [4.69, 9.17) is 29.0 Å². The molecule has 2 aliphatic carbocycles. The van der Waals surface area contributed by atoms with E-state index in [2.05, 4.69) is 25.9 Å². The number of carbonyl (C=O) groups is 1. The van der Waals surface area contributed by atoms with Gasteiger partial charge in [0.2, 0.25) is 0 Å². The van der Waals surface area contributed by atoms with Gasteiger partial charge >= 0.3 is 21.3 Å². The fourth-order valence-corrected chi connectivity index (χ4v) is 6.68. The Morgan fingerprint density at radius 3 is 2.11 bits per heavy atom. The minimum atomic E-state index is -4.63. The molecule has 8 atom stereocenters. The average Bonchev–Trinajstić information content (AvgIpc) is 3.49. The van der Waals surface area contributed by atoms with Gasteiger partial charge in [0.1, 0.15) is 18.0 Å². The smallest absolute Gasteiger partial charge is 0.390 e. The first kappa shape index (κ1) is 35.3. The van der Waals surface area contributed by atoms with Gasteiger partial charge in [0, 0.05) is 36.4 Å². The second-order valence-electron chi connectivity index (χ2n) is 11.4. The fraction of sp³-hybridized carbons (Fsp3) is 0.625. The lowest BCUT2D eigenvalue weighted by molar-refractivity contribution is -0.161. The molecule has 2 aliphatic heterocycles. The van der Waals surface area contributed by atoms with Crippen molar-refractivity contribution in [3.05, 3.63) is 57.8 Å². The second-order valence-corrected chi connectivity index (χ2v) is 13.9. The molecule has 0 aromatic carbocycles. The summed E-state index contributed by atoms with van der Waals surface area (Å²) in [6.07, 6.45) is 1.33. The topological polar surface area (TPSA) is 280 Å². The Balaban J connectivity index is 0.000000207. The molecule has 4 aliphatic rings. The summed E-state index contributed by atoms with van der Waals surface area (Å²) in [5.74, 6) is -1.98. The predicted octanol–water partition coefficient (Wildman–Crippen LogP) is -1.65. The van der Waals surface area contributed by atoms with Crippen LogP contribution in [0.5, 0.6) is 0 Å². The van der Waals surface area contributed by atoms with E-state index in [9.17, 15) is 33.7 Å². The van der Waals surface area contributed by atoms with E-state index in [0.717, 1.165) is 0 Å². The summed E-state index contributed by atoms with van der Waals surface area (Å²) in [6, 6.07) is 0.220. The number of nitrogens with one attached hydrogen (secondary N) is 2. The van der Waals surface area contributed by atoms with Gasteiger partial charge < -0.3 is 49.5 Å². The number of aliphatic hydroxyl groups excluding tert-OH is 2. The molecule has 3 fully saturated rings. The van der Waals surface area contributed by atoms with Crippen LogP contribution in [-0.4, -0.2) is 99.6 Å². The lowest BCUT2D eigenvalue weighted by Gasteiger charge is -2.33. The highest BCUT2D eigenvalue weighted by molar-refractivity contribution is 7.46. The Bertz CT molecular complexity index is 1520. The van der Waals surface area contributed by atoms with E-state index >= 15 is 0 Å². The molecule has 0 bridgehead atoms. The van der Waals surface area contributed by atoms with Gasteiger partial charge in [-0.25, -0.2) is 13.9 Å².